The molecule has 0 fully saturated rings. The number of amides is 1. The number of anilines is 1. The summed E-state index contributed by atoms with van der Waals surface area (Å²) in [4.78, 5) is 25.3. The molecule has 1 aromatic carbocycles. The largest absolute Gasteiger partial charge is 0.478 e. The molecule has 0 aromatic heterocycles. The predicted molar refractivity (Wildman–Crippen MR) is 98.4 cm³/mol. The molecule has 0 spiro atoms. The average Bonchev–Trinajstić information content (AvgIpc) is 2.53. The molecule has 0 heterocycles. The number of carboxylic acid groups (broad SMARTS) is 1. The molecule has 0 aliphatic heterocycles. The number of benzene rings is 1. The number of aliphatic hydroxyl groups is 1. The van der Waals surface area contributed by atoms with Crippen molar-refractivity contribution in [3.8, 4) is 0 Å². The molecule has 1 rings (SSSR count). The molecule has 0 saturated heterocycles. The second-order valence-corrected chi connectivity index (χ2v) is 6.91. The molecule has 0 unspecified atom stereocenters. The highest BCUT2D eigenvalue weighted by Gasteiger charge is 2.23. The van der Waals surface area contributed by atoms with Gasteiger partial charge in [-0.2, -0.15) is 0 Å². The number of nitrogens with two attached hydrogens (primary N) is 1. The highest BCUT2D eigenvalue weighted by atomic mass is 16.4. The zero-order valence-corrected chi connectivity index (χ0v) is 15.6. The lowest BCUT2D eigenvalue weighted by Crippen LogP contribution is -2.37. The van der Waals surface area contributed by atoms with Crippen molar-refractivity contribution in [2.75, 3.05) is 12.8 Å². The SMILES string of the molecule is CCCCc1c(C(=O)O)ccc(N)c1CN(C)C(=O)[C@H](O)CC(C)C. The third-order valence-corrected chi connectivity index (χ3v) is 4.23. The van der Waals surface area contributed by atoms with Gasteiger partial charge >= 0.3 is 5.97 Å². The number of carbonyl (C=O) groups excluding carboxylic acids is 1. The number of aliphatic hydroxyl groups excluding tert-OH is 1. The minimum absolute atomic E-state index is 0.181. The van der Waals surface area contributed by atoms with Gasteiger partial charge in [-0.25, -0.2) is 4.79 Å². The normalized spacial score (nSPS) is 12.2. The summed E-state index contributed by atoms with van der Waals surface area (Å²) in [5.41, 5.74) is 8.09. The van der Waals surface area contributed by atoms with E-state index < -0.39 is 12.1 Å². The van der Waals surface area contributed by atoms with Gasteiger partial charge in [-0.3, -0.25) is 4.79 Å². The fourth-order valence-electron chi connectivity index (χ4n) is 2.85. The van der Waals surface area contributed by atoms with Gasteiger partial charge in [-0.1, -0.05) is 27.2 Å². The van der Waals surface area contributed by atoms with Gasteiger partial charge in [0.15, 0.2) is 0 Å². The molecule has 0 bridgehead atoms. The number of hydrogen-bond donors (Lipinski definition) is 3. The van der Waals surface area contributed by atoms with Crippen molar-refractivity contribution in [2.24, 2.45) is 5.92 Å². The monoisotopic (exact) mass is 350 g/mol. The minimum Gasteiger partial charge on any atom is -0.478 e. The van der Waals surface area contributed by atoms with Gasteiger partial charge in [-0.05, 0) is 48.4 Å². The smallest absolute Gasteiger partial charge is 0.335 e. The van der Waals surface area contributed by atoms with Crippen LogP contribution in [0.1, 0.15) is 61.5 Å². The maximum absolute atomic E-state index is 12.4. The number of likely N-dealkylation sites (N-methyl/N-ethyl adjacent to an activating group) is 1. The molecule has 1 atom stereocenters. The van der Waals surface area contributed by atoms with E-state index >= 15 is 0 Å². The van der Waals surface area contributed by atoms with Crippen LogP contribution in [-0.4, -0.2) is 40.1 Å². The predicted octanol–water partition coefficient (Wildman–Crippen LogP) is 2.68. The zero-order chi connectivity index (χ0) is 19.1. The van der Waals surface area contributed by atoms with Crippen LogP contribution in [0.3, 0.4) is 0 Å². The Bertz CT molecular complexity index is 614. The quantitative estimate of drug-likeness (QED) is 0.594. The number of nitrogen functional groups attached to an aromatic ring is 1. The van der Waals surface area contributed by atoms with Crippen molar-refractivity contribution in [1.29, 1.82) is 0 Å². The summed E-state index contributed by atoms with van der Waals surface area (Å²) in [5.74, 6) is -1.18. The van der Waals surface area contributed by atoms with Gasteiger partial charge < -0.3 is 20.8 Å². The number of rotatable bonds is 9. The van der Waals surface area contributed by atoms with Crippen LogP contribution in [0.15, 0.2) is 12.1 Å². The topological polar surface area (TPSA) is 104 Å². The van der Waals surface area contributed by atoms with E-state index in [9.17, 15) is 19.8 Å². The summed E-state index contributed by atoms with van der Waals surface area (Å²) < 4.78 is 0. The molecule has 0 aliphatic carbocycles. The van der Waals surface area contributed by atoms with E-state index in [1.54, 1.807) is 13.1 Å². The first-order valence-corrected chi connectivity index (χ1v) is 8.75. The van der Waals surface area contributed by atoms with E-state index in [0.717, 1.165) is 12.8 Å². The molecule has 1 amide bonds. The molecule has 6 heteroatoms. The van der Waals surface area contributed by atoms with Crippen LogP contribution in [0, 0.1) is 5.92 Å². The van der Waals surface area contributed by atoms with Gasteiger partial charge in [0, 0.05) is 19.3 Å². The van der Waals surface area contributed by atoms with E-state index in [1.165, 1.54) is 11.0 Å². The van der Waals surface area contributed by atoms with Crippen molar-refractivity contribution in [2.45, 2.75) is 59.1 Å². The first kappa shape index (κ1) is 21.0. The Morgan fingerprint density at radius 1 is 1.24 bits per heavy atom. The Labute approximate surface area is 149 Å². The third kappa shape index (κ3) is 5.74. The maximum atomic E-state index is 12.4. The molecular weight excluding hydrogens is 320 g/mol. The van der Waals surface area contributed by atoms with Crippen molar-refractivity contribution < 1.29 is 19.8 Å². The standard InChI is InChI=1S/C19H30N2O4/c1-5-6-7-13-14(19(24)25)8-9-16(20)15(13)11-21(4)18(23)17(22)10-12(2)3/h8-9,12,17,22H,5-7,10-11,20H2,1-4H3,(H,24,25)/t17-/m1/s1. The molecule has 0 aliphatic rings. The lowest BCUT2D eigenvalue weighted by atomic mass is 9.94. The van der Waals surface area contributed by atoms with Crippen LogP contribution < -0.4 is 5.73 Å². The Balaban J connectivity index is 3.12. The van der Waals surface area contributed by atoms with Crippen molar-refractivity contribution in [1.82, 2.24) is 4.90 Å². The number of carboxylic acids is 1. The van der Waals surface area contributed by atoms with Crippen molar-refractivity contribution in [3.63, 3.8) is 0 Å². The second-order valence-electron chi connectivity index (χ2n) is 6.91. The van der Waals surface area contributed by atoms with E-state index in [-0.39, 0.29) is 23.9 Å². The van der Waals surface area contributed by atoms with Crippen LogP contribution >= 0.6 is 0 Å². The van der Waals surface area contributed by atoms with Crippen molar-refractivity contribution >= 4 is 17.6 Å². The first-order chi connectivity index (χ1) is 11.7. The number of aromatic carboxylic acids is 1. The molecule has 4 N–H and O–H groups in total. The Hall–Kier alpha value is -2.08. The fourth-order valence-corrected chi connectivity index (χ4v) is 2.85. The average molecular weight is 350 g/mol. The molecule has 6 nitrogen and oxygen atoms in total. The maximum Gasteiger partial charge on any atom is 0.335 e. The van der Waals surface area contributed by atoms with Crippen LogP contribution in [0.25, 0.3) is 0 Å². The molecule has 0 saturated carbocycles. The Kier molecular flexibility index (Phi) is 7.90. The second kappa shape index (κ2) is 9.42. The highest BCUT2D eigenvalue weighted by molar-refractivity contribution is 5.91. The number of hydrogen-bond acceptors (Lipinski definition) is 4. The van der Waals surface area contributed by atoms with Gasteiger partial charge in [-0.15, -0.1) is 0 Å². The van der Waals surface area contributed by atoms with Crippen LogP contribution in [-0.2, 0) is 17.8 Å². The van der Waals surface area contributed by atoms with Crippen LogP contribution in [0.2, 0.25) is 0 Å². The molecule has 25 heavy (non-hydrogen) atoms. The van der Waals surface area contributed by atoms with Gasteiger partial charge in [0.05, 0.1) is 5.56 Å². The summed E-state index contributed by atoms with van der Waals surface area (Å²) in [5, 5.41) is 19.5. The highest BCUT2D eigenvalue weighted by Crippen LogP contribution is 2.25. The zero-order valence-electron chi connectivity index (χ0n) is 15.6. The van der Waals surface area contributed by atoms with Gasteiger partial charge in [0.25, 0.3) is 5.91 Å². The van der Waals surface area contributed by atoms with Crippen LogP contribution in [0.4, 0.5) is 5.69 Å². The third-order valence-electron chi connectivity index (χ3n) is 4.23. The van der Waals surface area contributed by atoms with Gasteiger partial charge in [0.1, 0.15) is 6.10 Å². The summed E-state index contributed by atoms with van der Waals surface area (Å²) in [7, 11) is 1.60. The minimum atomic E-state index is -1.06. The number of nitrogens with zero attached hydrogens (tertiary/aromatic N) is 1. The molecule has 1 aromatic rings. The van der Waals surface area contributed by atoms with Crippen LogP contribution in [0.5, 0.6) is 0 Å². The van der Waals surface area contributed by atoms with E-state index in [2.05, 4.69) is 0 Å². The number of unbranched alkanes of at least 4 members (excludes halogenated alkanes) is 1. The lowest BCUT2D eigenvalue weighted by molar-refractivity contribution is -0.140. The Morgan fingerprint density at radius 3 is 2.40 bits per heavy atom. The van der Waals surface area contributed by atoms with Crippen molar-refractivity contribution in [3.05, 3.63) is 28.8 Å². The lowest BCUT2D eigenvalue weighted by Gasteiger charge is -2.24. The Morgan fingerprint density at radius 2 is 1.88 bits per heavy atom. The summed E-state index contributed by atoms with van der Waals surface area (Å²) in [6, 6.07) is 3.08. The number of carbonyl (C=O) groups is 2. The summed E-state index contributed by atoms with van der Waals surface area (Å²) >= 11 is 0. The van der Waals surface area contributed by atoms with E-state index in [1.807, 2.05) is 20.8 Å². The summed E-state index contributed by atoms with van der Waals surface area (Å²) in [6.45, 7) is 6.09. The van der Waals surface area contributed by atoms with E-state index in [0.29, 0.717) is 29.7 Å². The first-order valence-electron chi connectivity index (χ1n) is 8.75. The summed E-state index contributed by atoms with van der Waals surface area (Å²) in [6.07, 6.45) is 1.68. The van der Waals surface area contributed by atoms with Gasteiger partial charge in [0.2, 0.25) is 0 Å². The molecule has 140 valence electrons. The van der Waals surface area contributed by atoms with E-state index in [4.69, 9.17) is 5.73 Å². The molecule has 0 radical (unpaired) electrons. The fraction of sp³-hybridized carbons (Fsp3) is 0.579. The molecular formula is C19H30N2O4.